The average molecular weight is 299 g/mol. The highest BCUT2D eigenvalue weighted by atomic mass is 35.5. The summed E-state index contributed by atoms with van der Waals surface area (Å²) in [6.07, 6.45) is 0. The van der Waals surface area contributed by atoms with Crippen LogP contribution in [0, 0.1) is 5.82 Å². The Hall–Kier alpha value is -0.480. The van der Waals surface area contributed by atoms with Gasteiger partial charge in [0.05, 0.1) is 18.2 Å². The van der Waals surface area contributed by atoms with Crippen LogP contribution in [0.25, 0.3) is 0 Å². The molecule has 1 rings (SSSR count). The molecule has 0 N–H and O–H groups in total. The van der Waals surface area contributed by atoms with Gasteiger partial charge >= 0.3 is 7.60 Å². The minimum absolute atomic E-state index is 0.0355. The van der Waals surface area contributed by atoms with Crippen LogP contribution >= 0.6 is 19.2 Å². The lowest BCUT2D eigenvalue weighted by Crippen LogP contribution is -2.03. The van der Waals surface area contributed by atoms with Crippen molar-refractivity contribution in [3.63, 3.8) is 0 Å². The third kappa shape index (κ3) is 3.51. The minimum Gasteiger partial charge on any atom is -0.307 e. The largest absolute Gasteiger partial charge is 0.369 e. The summed E-state index contributed by atoms with van der Waals surface area (Å²) in [5, 5.41) is -0.241. The van der Waals surface area contributed by atoms with Crippen molar-refractivity contribution in [3.8, 4) is 0 Å². The maximum Gasteiger partial charge on any atom is 0.369 e. The van der Waals surface area contributed by atoms with Gasteiger partial charge in [0, 0.05) is 0 Å². The van der Waals surface area contributed by atoms with Crippen molar-refractivity contribution in [1.82, 2.24) is 0 Å². The SMILES string of the molecule is CCOP(=O)(OCC)[C@H](F)c1ccc(F)c(Cl)c1. The standard InChI is InChI=1S/C11H14ClF2O3P/c1-3-16-18(15,17-4-2)11(14)8-5-6-10(13)9(12)7-8/h5-7,11H,3-4H2,1-2H3/t11-/m0/s1. The van der Waals surface area contributed by atoms with Gasteiger partial charge in [-0.15, -0.1) is 0 Å². The van der Waals surface area contributed by atoms with Crippen molar-refractivity contribution in [1.29, 1.82) is 0 Å². The first-order chi connectivity index (χ1) is 8.44. The molecule has 3 nitrogen and oxygen atoms in total. The maximum absolute atomic E-state index is 14.2. The van der Waals surface area contributed by atoms with E-state index in [2.05, 4.69) is 0 Å². The Morgan fingerprint density at radius 2 is 1.89 bits per heavy atom. The smallest absolute Gasteiger partial charge is 0.307 e. The Bertz CT molecular complexity index is 446. The molecule has 0 fully saturated rings. The van der Waals surface area contributed by atoms with Gasteiger partial charge in [-0.05, 0) is 31.5 Å². The lowest BCUT2D eigenvalue weighted by atomic mass is 10.2. The third-order valence-electron chi connectivity index (χ3n) is 2.11. The van der Waals surface area contributed by atoms with Crippen molar-refractivity contribution in [2.75, 3.05) is 13.2 Å². The molecule has 0 aromatic heterocycles. The molecule has 0 aliphatic rings. The molecule has 0 amide bonds. The Kier molecular flexibility index (Phi) is 5.73. The molecule has 0 radical (unpaired) electrons. The lowest BCUT2D eigenvalue weighted by Gasteiger charge is -2.20. The summed E-state index contributed by atoms with van der Waals surface area (Å²) >= 11 is 5.55. The predicted octanol–water partition coefficient (Wildman–Crippen LogP) is 4.71. The zero-order valence-corrected chi connectivity index (χ0v) is 11.7. The fourth-order valence-electron chi connectivity index (χ4n) is 1.37. The zero-order chi connectivity index (χ0) is 13.8. The first-order valence-corrected chi connectivity index (χ1v) is 7.41. The molecular weight excluding hydrogens is 285 g/mol. The molecule has 0 aliphatic heterocycles. The van der Waals surface area contributed by atoms with E-state index in [0.717, 1.165) is 18.2 Å². The molecule has 1 atom stereocenters. The number of hydrogen-bond donors (Lipinski definition) is 0. The van der Waals surface area contributed by atoms with Crippen molar-refractivity contribution in [3.05, 3.63) is 34.6 Å². The van der Waals surface area contributed by atoms with Gasteiger partial charge in [-0.2, -0.15) is 0 Å². The quantitative estimate of drug-likeness (QED) is 0.713. The fourth-order valence-corrected chi connectivity index (χ4v) is 3.14. The Labute approximate surface area is 110 Å². The van der Waals surface area contributed by atoms with Crippen LogP contribution in [0.1, 0.15) is 25.3 Å². The number of alkyl halides is 1. The molecule has 0 heterocycles. The van der Waals surface area contributed by atoms with E-state index in [1.165, 1.54) is 0 Å². The monoisotopic (exact) mass is 298 g/mol. The number of benzene rings is 1. The van der Waals surface area contributed by atoms with Gasteiger partial charge in [-0.3, -0.25) is 4.57 Å². The van der Waals surface area contributed by atoms with Crippen LogP contribution in [-0.4, -0.2) is 13.2 Å². The molecule has 0 bridgehead atoms. The van der Waals surface area contributed by atoms with Crippen molar-refractivity contribution >= 4 is 19.2 Å². The molecule has 0 saturated carbocycles. The fraction of sp³-hybridized carbons (Fsp3) is 0.455. The van der Waals surface area contributed by atoms with Gasteiger partial charge in [0.15, 0.2) is 0 Å². The molecule has 0 unspecified atom stereocenters. The van der Waals surface area contributed by atoms with Crippen LogP contribution in [-0.2, 0) is 13.6 Å². The van der Waals surface area contributed by atoms with Crippen molar-refractivity contribution in [2.45, 2.75) is 19.8 Å². The highest BCUT2D eigenvalue weighted by Crippen LogP contribution is 2.61. The van der Waals surface area contributed by atoms with Gasteiger partial charge in [-0.25, -0.2) is 8.78 Å². The summed E-state index contributed by atoms with van der Waals surface area (Å²) < 4.78 is 49.1. The summed E-state index contributed by atoms with van der Waals surface area (Å²) in [5.74, 6) is -2.66. The molecule has 0 saturated heterocycles. The zero-order valence-electron chi connectivity index (χ0n) is 10.0. The molecule has 7 heteroatoms. The first-order valence-electron chi connectivity index (χ1n) is 5.42. The summed E-state index contributed by atoms with van der Waals surface area (Å²) in [4.78, 5) is 0. The normalized spacial score (nSPS) is 13.6. The second-order valence-electron chi connectivity index (χ2n) is 3.38. The molecule has 0 aliphatic carbocycles. The van der Waals surface area contributed by atoms with Crippen LogP contribution in [0.3, 0.4) is 0 Å². The summed E-state index contributed by atoms with van der Waals surface area (Å²) in [6.45, 7) is 3.26. The Morgan fingerprint density at radius 1 is 1.33 bits per heavy atom. The number of hydrogen-bond acceptors (Lipinski definition) is 3. The van der Waals surface area contributed by atoms with Gasteiger partial charge in [0.25, 0.3) is 0 Å². The van der Waals surface area contributed by atoms with Crippen LogP contribution in [0.5, 0.6) is 0 Å². The van der Waals surface area contributed by atoms with E-state index in [1.807, 2.05) is 0 Å². The van der Waals surface area contributed by atoms with Crippen LogP contribution in [0.4, 0.5) is 8.78 Å². The van der Waals surface area contributed by atoms with Gasteiger partial charge < -0.3 is 9.05 Å². The topological polar surface area (TPSA) is 35.5 Å². The van der Waals surface area contributed by atoms with Crippen LogP contribution in [0.2, 0.25) is 5.02 Å². The van der Waals surface area contributed by atoms with E-state index in [-0.39, 0.29) is 23.8 Å². The van der Waals surface area contributed by atoms with Gasteiger partial charge in [0.1, 0.15) is 5.82 Å². The van der Waals surface area contributed by atoms with E-state index in [0.29, 0.717) is 0 Å². The van der Waals surface area contributed by atoms with E-state index >= 15 is 0 Å². The number of halogens is 3. The second-order valence-corrected chi connectivity index (χ2v) is 5.84. The van der Waals surface area contributed by atoms with Gasteiger partial charge in [-0.1, -0.05) is 17.7 Å². The summed E-state index contributed by atoms with van der Waals surface area (Å²) in [7, 11) is -3.92. The van der Waals surface area contributed by atoms with Crippen molar-refractivity contribution < 1.29 is 22.4 Å². The third-order valence-corrected chi connectivity index (χ3v) is 4.49. The number of rotatable bonds is 6. The molecule has 18 heavy (non-hydrogen) atoms. The minimum atomic E-state index is -3.92. The first kappa shape index (κ1) is 15.6. The van der Waals surface area contributed by atoms with E-state index < -0.39 is 19.3 Å². The van der Waals surface area contributed by atoms with Crippen molar-refractivity contribution in [2.24, 2.45) is 0 Å². The average Bonchev–Trinajstić information content (AvgIpc) is 2.32. The highest BCUT2D eigenvalue weighted by Gasteiger charge is 2.37. The Morgan fingerprint density at radius 3 is 2.33 bits per heavy atom. The van der Waals surface area contributed by atoms with E-state index in [1.54, 1.807) is 13.8 Å². The molecular formula is C11H14ClF2O3P. The lowest BCUT2D eigenvalue weighted by molar-refractivity contribution is 0.190. The predicted molar refractivity (Wildman–Crippen MR) is 66.1 cm³/mol. The molecule has 0 spiro atoms. The Balaban J connectivity index is 3.05. The van der Waals surface area contributed by atoms with E-state index in [4.69, 9.17) is 20.6 Å². The second kappa shape index (κ2) is 6.62. The molecule has 1 aromatic carbocycles. The van der Waals surface area contributed by atoms with Gasteiger partial charge in [0.2, 0.25) is 5.91 Å². The highest BCUT2D eigenvalue weighted by molar-refractivity contribution is 7.54. The van der Waals surface area contributed by atoms with Crippen LogP contribution < -0.4 is 0 Å². The molecule has 102 valence electrons. The molecule has 1 aromatic rings. The summed E-state index contributed by atoms with van der Waals surface area (Å²) in [5.41, 5.74) is -0.0355. The van der Waals surface area contributed by atoms with Crippen LogP contribution in [0.15, 0.2) is 18.2 Å². The summed E-state index contributed by atoms with van der Waals surface area (Å²) in [6, 6.07) is 3.25. The maximum atomic E-state index is 14.2. The van der Waals surface area contributed by atoms with E-state index in [9.17, 15) is 13.3 Å².